The maximum Gasteiger partial charge on any atom is 0.0543 e. The molecule has 0 aliphatic heterocycles. The van der Waals surface area contributed by atoms with Gasteiger partial charge in [-0.1, -0.05) is 223 Å². The largest absolute Gasteiger partial charge is 0.813 e. The summed E-state index contributed by atoms with van der Waals surface area (Å²) in [7, 11) is -8.57. The van der Waals surface area contributed by atoms with Crippen LogP contribution in [0.3, 0.4) is 0 Å². The van der Waals surface area contributed by atoms with E-state index >= 15 is 0 Å². The number of thiol groups is 2. The third-order valence-electron chi connectivity index (χ3n) is 5.68. The molecule has 0 unspecified atom stereocenters. The van der Waals surface area contributed by atoms with E-state index in [0.29, 0.717) is 0 Å². The molecule has 4 nitrogen and oxygen atoms in total. The molecule has 56 heavy (non-hydrogen) atoms. The molecular weight excluding hydrogens is 1200 g/mol. The van der Waals surface area contributed by atoms with Gasteiger partial charge in [0.25, 0.3) is 0 Å². The first-order chi connectivity index (χ1) is 21.5. The molecule has 0 aliphatic carbocycles. The summed E-state index contributed by atoms with van der Waals surface area (Å²) in [5, 5.41) is 0. The Labute approximate surface area is 434 Å². The third kappa shape index (κ3) is 118. The van der Waals surface area contributed by atoms with Gasteiger partial charge in [-0.25, -0.2) is 0 Å². The fraction of sp³-hybridized carbons (Fsp3) is 1.00. The fourth-order valence-corrected chi connectivity index (χ4v) is 40.7. The zero-order valence-corrected chi connectivity index (χ0v) is 62.7. The Morgan fingerprint density at radius 2 is 0.321 bits per heavy atom. The molecule has 0 rings (SSSR count). The Morgan fingerprint density at radius 1 is 0.250 bits per heavy atom. The third-order valence-corrected chi connectivity index (χ3v) is 33.1. The van der Waals surface area contributed by atoms with Gasteiger partial charge in [0, 0.05) is 76.0 Å². The first kappa shape index (κ1) is 91.9. The van der Waals surface area contributed by atoms with Crippen LogP contribution in [0, 0.1) is 0 Å². The zero-order valence-electron chi connectivity index (χ0n) is 43.6. The smallest absolute Gasteiger partial charge is 0.0543 e. The normalized spacial score (nSPS) is 11.6. The van der Waals surface area contributed by atoms with E-state index in [-0.39, 0.29) is 119 Å². The van der Waals surface area contributed by atoms with E-state index in [0.717, 1.165) is 0 Å². The van der Waals surface area contributed by atoms with Crippen LogP contribution in [0.15, 0.2) is 0 Å². The Bertz CT molecular complexity index is 608. The van der Waals surface area contributed by atoms with Gasteiger partial charge in [0.2, 0.25) is 0 Å². The molecule has 0 saturated carbocycles. The monoisotopic (exact) mass is 1300 g/mol. The molecule has 0 aromatic carbocycles. The van der Waals surface area contributed by atoms with E-state index in [4.69, 9.17) is 18.6 Å². The van der Waals surface area contributed by atoms with Crippen molar-refractivity contribution >= 4 is 144 Å². The molecule has 0 atom stereocenters. The first-order valence-corrected chi connectivity index (χ1v) is 52.0. The number of hydrogen-bond acceptors (Lipinski definition) is 2. The van der Waals surface area contributed by atoms with Gasteiger partial charge in [-0.05, 0) is 57.4 Å². The second kappa shape index (κ2) is 44.4. The summed E-state index contributed by atoms with van der Waals surface area (Å²) in [6.45, 7) is 69.0. The summed E-state index contributed by atoms with van der Waals surface area (Å²) in [6.07, 6.45) is 8.74. The van der Waals surface area contributed by atoms with Gasteiger partial charge >= 0.3 is 0 Å². The number of hydrogen-bond donors (Lipinski definition) is 0. The summed E-state index contributed by atoms with van der Waals surface area (Å²) in [5.41, 5.74) is 0. The summed E-state index contributed by atoms with van der Waals surface area (Å²) >= 11 is 0. The van der Waals surface area contributed by atoms with Crippen LogP contribution in [0.4, 0.5) is 0 Å². The average Bonchev–Trinajstić information content (AvgIpc) is 2.74. The van der Waals surface area contributed by atoms with Gasteiger partial charge in [-0.2, -0.15) is 0 Å². The molecule has 8 radical (unpaired) electrons. The predicted molar refractivity (Wildman–Crippen MR) is 309 cm³/mol. The van der Waals surface area contributed by atoms with Crippen LogP contribution in [0.25, 0.3) is 18.6 Å². The number of nitrogens with zero attached hydrogens (tertiary/aromatic N) is 4. The van der Waals surface area contributed by atoms with Crippen molar-refractivity contribution in [1.82, 2.24) is 0 Å². The van der Waals surface area contributed by atoms with Gasteiger partial charge in [0.1, 0.15) is 0 Å². The van der Waals surface area contributed by atoms with E-state index < -0.39 is 65.9 Å². The van der Waals surface area contributed by atoms with E-state index in [2.05, 4.69) is 199 Å². The SMILES string of the molecule is CC[PH+](CC)CC.CC[PH+](CC)CC.C[Si](C)(C)[N-][Si](C)(C)C.C[Si](C)(C)[N-][Si](C)(C)C.C[Si](C)(C)[N-][Si](C)(C)C.C[Si](C)(C)[N-][Si](C)(C)C.[Ge].[Ge].[Pd].[Pd].[SH-].[SH-]. The molecule has 0 aromatic rings. The topological polar surface area (TPSA) is 56.4 Å². The van der Waals surface area contributed by atoms with Crippen molar-refractivity contribution < 1.29 is 40.8 Å². The molecule has 0 bridgehead atoms. The van der Waals surface area contributed by atoms with Crippen molar-refractivity contribution in [3.05, 3.63) is 18.6 Å². The van der Waals surface area contributed by atoms with Crippen molar-refractivity contribution in [2.24, 2.45) is 0 Å². The average molecular weight is 1300 g/mol. The van der Waals surface area contributed by atoms with Crippen LogP contribution >= 0.6 is 15.8 Å². The number of rotatable bonds is 14. The molecule has 0 aliphatic rings. The summed E-state index contributed by atoms with van der Waals surface area (Å²) in [4.78, 5) is 0. The zero-order chi connectivity index (χ0) is 42.2. The van der Waals surface area contributed by atoms with Crippen molar-refractivity contribution in [3.8, 4) is 0 Å². The van der Waals surface area contributed by atoms with Crippen molar-refractivity contribution in [2.45, 2.75) is 199 Å². The molecule has 0 fully saturated rings. The van der Waals surface area contributed by atoms with Gasteiger partial charge in [0.15, 0.2) is 0 Å². The summed E-state index contributed by atoms with van der Waals surface area (Å²) < 4.78 is 19.3. The van der Waals surface area contributed by atoms with E-state index in [1.165, 1.54) is 37.0 Å². The molecule has 0 aromatic heterocycles. The molecule has 0 saturated heterocycles. The molecule has 0 heterocycles. The standard InChI is InChI=1S/4C6H18NSi2.2C6H15P.2Ge.2Pd.2H2S/c4*1-8(2,3)7-9(4,5)6;2*1-4-7(5-2)6-3;;;;;;/h4*1-6H3;2*4-6H2,1-3H3;;;;;2*1H2/q4*-1;;;;;;;;. The van der Waals surface area contributed by atoms with Crippen molar-refractivity contribution in [2.75, 3.05) is 37.0 Å². The Kier molecular flexibility index (Phi) is 72.8. The molecule has 0 amide bonds. The molecule has 20 heteroatoms. The van der Waals surface area contributed by atoms with Gasteiger partial charge < -0.3 is 45.6 Å². The quantitative estimate of drug-likeness (QED) is 0.0753. The van der Waals surface area contributed by atoms with Gasteiger partial charge in [-0.3, -0.25) is 0 Å². The van der Waals surface area contributed by atoms with Crippen LogP contribution in [-0.4, -0.2) is 138 Å². The minimum Gasteiger partial charge on any atom is -0.813 e. The molecular formula is C36H106Ge2N4P2Pd2S2Si8-4. The van der Waals surface area contributed by atoms with Gasteiger partial charge in [-0.15, -0.1) is 0 Å². The second-order valence-corrected chi connectivity index (χ2v) is 67.0. The van der Waals surface area contributed by atoms with Crippen LogP contribution in [0.5, 0.6) is 0 Å². The van der Waals surface area contributed by atoms with Crippen molar-refractivity contribution in [3.63, 3.8) is 0 Å². The Balaban J connectivity index is -0.0000000407. The maximum absolute atomic E-state index is 4.82. The maximum atomic E-state index is 4.82. The Morgan fingerprint density at radius 3 is 0.321 bits per heavy atom. The fourth-order valence-electron chi connectivity index (χ4n) is 5.52. The Hall–Kier alpha value is 5.55. The molecule has 0 spiro atoms. The van der Waals surface area contributed by atoms with E-state index in [1.807, 2.05) is 0 Å². The first-order valence-electron chi connectivity index (χ1n) is 20.2. The summed E-state index contributed by atoms with van der Waals surface area (Å²) in [5.74, 6) is 0. The van der Waals surface area contributed by atoms with E-state index in [9.17, 15) is 0 Å². The molecule has 356 valence electrons. The predicted octanol–water partition coefficient (Wildman–Crippen LogP) is 15.3. The van der Waals surface area contributed by atoms with Crippen LogP contribution < -0.4 is 0 Å². The van der Waals surface area contributed by atoms with Crippen molar-refractivity contribution in [1.29, 1.82) is 0 Å². The minimum atomic E-state index is -1.11. The van der Waals surface area contributed by atoms with Crippen LogP contribution in [0.1, 0.15) is 41.5 Å². The van der Waals surface area contributed by atoms with E-state index in [1.54, 1.807) is 0 Å². The van der Waals surface area contributed by atoms with Crippen LogP contribution in [0.2, 0.25) is 157 Å². The minimum absolute atomic E-state index is 0. The molecule has 0 N–H and O–H groups in total. The van der Waals surface area contributed by atoms with Gasteiger partial charge in [0.05, 0.1) is 37.0 Å². The van der Waals surface area contributed by atoms with Crippen LogP contribution in [-0.2, 0) is 67.8 Å². The summed E-state index contributed by atoms with van der Waals surface area (Å²) in [6, 6.07) is 0. The second-order valence-electron chi connectivity index (χ2n) is 21.4.